The summed E-state index contributed by atoms with van der Waals surface area (Å²) in [7, 11) is 0. The van der Waals surface area contributed by atoms with Gasteiger partial charge in [-0.3, -0.25) is 4.79 Å². The third-order valence-electron chi connectivity index (χ3n) is 4.59. The predicted molar refractivity (Wildman–Crippen MR) is 143 cm³/mol. The van der Waals surface area contributed by atoms with Crippen molar-refractivity contribution < 1.29 is 19.4 Å². The van der Waals surface area contributed by atoms with Crippen molar-refractivity contribution in [2.24, 2.45) is 0 Å². The van der Waals surface area contributed by atoms with Crippen molar-refractivity contribution in [1.82, 2.24) is 0 Å². The molecule has 0 aliphatic heterocycles. The number of halogens is 2. The minimum Gasteiger partial charge on any atom is -0.487 e. The first-order valence-corrected chi connectivity index (χ1v) is 11.9. The summed E-state index contributed by atoms with van der Waals surface area (Å²) in [6.07, 6.45) is 1.51. The number of rotatable bonds is 7. The van der Waals surface area contributed by atoms with Crippen LogP contribution in [0.1, 0.15) is 27.0 Å². The molecule has 0 atom stereocenters. The molecule has 0 bridgehead atoms. The summed E-state index contributed by atoms with van der Waals surface area (Å²) in [5.41, 5.74) is 3.38. The fourth-order valence-corrected chi connectivity index (χ4v) is 4.98. The summed E-state index contributed by atoms with van der Waals surface area (Å²) in [4.78, 5) is 23.5. The van der Waals surface area contributed by atoms with Gasteiger partial charge in [0.2, 0.25) is 0 Å². The average Bonchev–Trinajstić information content (AvgIpc) is 2.78. The van der Waals surface area contributed by atoms with E-state index in [0.717, 1.165) is 18.5 Å². The zero-order valence-electron chi connectivity index (χ0n) is 17.4. The van der Waals surface area contributed by atoms with Crippen molar-refractivity contribution in [1.29, 1.82) is 5.26 Å². The van der Waals surface area contributed by atoms with Gasteiger partial charge in [-0.15, -0.1) is 0 Å². The highest BCUT2D eigenvalue weighted by molar-refractivity contribution is 14.1. The second-order valence-corrected chi connectivity index (χ2v) is 9.42. The van der Waals surface area contributed by atoms with E-state index in [-0.39, 0.29) is 11.1 Å². The fraction of sp³-hybridized carbons (Fsp3) is 0.0800. The normalized spacial score (nSPS) is 10.9. The van der Waals surface area contributed by atoms with Crippen molar-refractivity contribution in [3.8, 4) is 11.8 Å². The summed E-state index contributed by atoms with van der Waals surface area (Å²) in [5, 5.41) is 21.1. The molecule has 0 saturated heterocycles. The highest BCUT2D eigenvalue weighted by Gasteiger charge is 2.13. The van der Waals surface area contributed by atoms with Gasteiger partial charge in [-0.1, -0.05) is 29.8 Å². The Labute approximate surface area is 218 Å². The third kappa shape index (κ3) is 6.79. The van der Waals surface area contributed by atoms with Gasteiger partial charge < -0.3 is 15.2 Å². The van der Waals surface area contributed by atoms with Gasteiger partial charge in [0.05, 0.1) is 12.7 Å². The van der Waals surface area contributed by atoms with Crippen molar-refractivity contribution in [3.05, 3.63) is 95.6 Å². The van der Waals surface area contributed by atoms with Gasteiger partial charge in [0.25, 0.3) is 5.91 Å². The van der Waals surface area contributed by atoms with Crippen LogP contribution in [0.2, 0.25) is 0 Å². The number of amides is 1. The Bertz CT molecular complexity index is 1240. The molecule has 166 valence electrons. The Morgan fingerprint density at radius 1 is 1.06 bits per heavy atom. The van der Waals surface area contributed by atoms with E-state index in [4.69, 9.17) is 9.84 Å². The molecule has 0 fully saturated rings. The Kier molecular flexibility index (Phi) is 8.46. The van der Waals surface area contributed by atoms with E-state index in [2.05, 4.69) is 50.5 Å². The van der Waals surface area contributed by atoms with E-state index in [1.54, 1.807) is 0 Å². The first-order valence-electron chi connectivity index (χ1n) is 9.70. The molecule has 3 aromatic carbocycles. The first-order chi connectivity index (χ1) is 15.8. The molecule has 0 heterocycles. The number of aromatic carboxylic acids is 1. The first kappa shape index (κ1) is 24.7. The molecular formula is C25H18I2N2O4. The molecule has 1 amide bonds. The number of carbonyl (C=O) groups is 2. The van der Waals surface area contributed by atoms with Crippen molar-refractivity contribution in [2.45, 2.75) is 13.5 Å². The number of hydrogen-bond acceptors (Lipinski definition) is 4. The number of carbonyl (C=O) groups excluding carboxylic acids is 1. The van der Waals surface area contributed by atoms with E-state index < -0.39 is 11.9 Å². The predicted octanol–water partition coefficient (Wildman–Crippen LogP) is 6.03. The lowest BCUT2D eigenvalue weighted by Gasteiger charge is -2.12. The summed E-state index contributed by atoms with van der Waals surface area (Å²) in [6, 6.07) is 19.5. The molecule has 0 saturated carbocycles. The van der Waals surface area contributed by atoms with Crippen LogP contribution < -0.4 is 10.1 Å². The van der Waals surface area contributed by atoms with E-state index in [1.165, 1.54) is 35.9 Å². The van der Waals surface area contributed by atoms with Gasteiger partial charge in [-0.25, -0.2) is 4.79 Å². The molecule has 0 spiro atoms. The standard InChI is InChI=1S/C25H18I2N2O4/c1-15-2-4-16(5-3-15)14-33-23-21(26)11-17(12-22(23)27)10-19(13-28)24(30)29-20-8-6-18(7-9-20)25(31)32/h2-12H,14H2,1H3,(H,29,30)(H,31,32)/b19-10+. The number of ether oxygens (including phenoxy) is 1. The van der Waals surface area contributed by atoms with E-state index in [0.29, 0.717) is 17.9 Å². The van der Waals surface area contributed by atoms with Crippen LogP contribution in [0.15, 0.2) is 66.2 Å². The summed E-state index contributed by atoms with van der Waals surface area (Å²) < 4.78 is 7.73. The van der Waals surface area contributed by atoms with Gasteiger partial charge in [0.1, 0.15) is 24.0 Å². The van der Waals surface area contributed by atoms with E-state index >= 15 is 0 Å². The number of anilines is 1. The number of nitrogens with one attached hydrogen (secondary N) is 1. The monoisotopic (exact) mass is 664 g/mol. The van der Waals surface area contributed by atoms with Crippen LogP contribution in [-0.2, 0) is 11.4 Å². The largest absolute Gasteiger partial charge is 0.487 e. The molecule has 0 aliphatic rings. The molecule has 3 aromatic rings. The maximum absolute atomic E-state index is 12.5. The minimum absolute atomic E-state index is 0.0720. The highest BCUT2D eigenvalue weighted by Crippen LogP contribution is 2.30. The zero-order valence-corrected chi connectivity index (χ0v) is 21.7. The van der Waals surface area contributed by atoms with Crippen LogP contribution >= 0.6 is 45.2 Å². The molecule has 0 radical (unpaired) electrons. The Morgan fingerprint density at radius 3 is 2.21 bits per heavy atom. The molecular weight excluding hydrogens is 646 g/mol. The molecule has 6 nitrogen and oxygen atoms in total. The molecule has 33 heavy (non-hydrogen) atoms. The lowest BCUT2D eigenvalue weighted by Crippen LogP contribution is -2.13. The summed E-state index contributed by atoms with van der Waals surface area (Å²) in [5.74, 6) is -0.887. The number of benzene rings is 3. The Morgan fingerprint density at radius 2 is 1.67 bits per heavy atom. The third-order valence-corrected chi connectivity index (χ3v) is 6.19. The number of hydrogen-bond donors (Lipinski definition) is 2. The summed E-state index contributed by atoms with van der Waals surface area (Å²) >= 11 is 4.34. The van der Waals surface area contributed by atoms with Crippen LogP contribution in [-0.4, -0.2) is 17.0 Å². The van der Waals surface area contributed by atoms with Crippen LogP contribution in [0.5, 0.6) is 5.75 Å². The lowest BCUT2D eigenvalue weighted by atomic mass is 10.1. The van der Waals surface area contributed by atoms with Crippen molar-refractivity contribution >= 4 is 68.8 Å². The van der Waals surface area contributed by atoms with Gasteiger partial charge in [0.15, 0.2) is 0 Å². The Balaban J connectivity index is 1.74. The minimum atomic E-state index is -1.05. The number of aryl methyl sites for hydroxylation is 1. The quantitative estimate of drug-likeness (QED) is 0.183. The van der Waals surface area contributed by atoms with Crippen LogP contribution in [0.3, 0.4) is 0 Å². The topological polar surface area (TPSA) is 99.4 Å². The van der Waals surface area contributed by atoms with Gasteiger partial charge in [0, 0.05) is 5.69 Å². The lowest BCUT2D eigenvalue weighted by molar-refractivity contribution is -0.112. The van der Waals surface area contributed by atoms with E-state index in [1.807, 2.05) is 49.4 Å². The second-order valence-electron chi connectivity index (χ2n) is 7.09. The fourth-order valence-electron chi connectivity index (χ4n) is 2.85. The van der Waals surface area contributed by atoms with Crippen LogP contribution in [0.4, 0.5) is 5.69 Å². The second kappa shape index (κ2) is 11.3. The number of nitriles is 1. The zero-order chi connectivity index (χ0) is 24.0. The van der Waals surface area contributed by atoms with Gasteiger partial charge in [-0.05, 0) is 106 Å². The van der Waals surface area contributed by atoms with Crippen LogP contribution in [0, 0.1) is 25.4 Å². The molecule has 0 unspecified atom stereocenters. The molecule has 0 aromatic heterocycles. The van der Waals surface area contributed by atoms with Gasteiger partial charge >= 0.3 is 5.97 Å². The molecule has 2 N–H and O–H groups in total. The Hall–Kier alpha value is -2.91. The van der Waals surface area contributed by atoms with Crippen molar-refractivity contribution in [3.63, 3.8) is 0 Å². The smallest absolute Gasteiger partial charge is 0.335 e. The highest BCUT2D eigenvalue weighted by atomic mass is 127. The maximum atomic E-state index is 12.5. The summed E-state index contributed by atoms with van der Waals surface area (Å²) in [6.45, 7) is 2.47. The number of carboxylic acid groups (broad SMARTS) is 1. The maximum Gasteiger partial charge on any atom is 0.335 e. The average molecular weight is 664 g/mol. The molecule has 3 rings (SSSR count). The van der Waals surface area contributed by atoms with Gasteiger partial charge in [-0.2, -0.15) is 5.26 Å². The number of nitrogens with zero attached hydrogens (tertiary/aromatic N) is 1. The van der Waals surface area contributed by atoms with E-state index in [9.17, 15) is 14.9 Å². The van der Waals surface area contributed by atoms with Crippen LogP contribution in [0.25, 0.3) is 6.08 Å². The van der Waals surface area contributed by atoms with Crippen molar-refractivity contribution in [2.75, 3.05) is 5.32 Å². The molecule has 8 heteroatoms. The molecule has 0 aliphatic carbocycles. The SMILES string of the molecule is Cc1ccc(COc2c(I)cc(/C=C(\C#N)C(=O)Nc3ccc(C(=O)O)cc3)cc2I)cc1. The number of carboxylic acids is 1.